The molecule has 1 aromatic carbocycles. The quantitative estimate of drug-likeness (QED) is 0.798. The van der Waals surface area contributed by atoms with Crippen LogP contribution in [0.4, 0.5) is 0 Å². The molecule has 0 fully saturated rings. The van der Waals surface area contributed by atoms with Crippen LogP contribution in [0.5, 0.6) is 11.5 Å². The maximum Gasteiger partial charge on any atom is 0.258 e. The molecular formula is C12H17NO3. The van der Waals surface area contributed by atoms with E-state index >= 15 is 0 Å². The molecule has 0 aliphatic rings. The lowest BCUT2D eigenvalue weighted by Crippen LogP contribution is -2.33. The number of nitrogens with two attached hydrogens (primary N) is 1. The summed E-state index contributed by atoms with van der Waals surface area (Å²) in [6.07, 6.45) is -0.0721. The van der Waals surface area contributed by atoms with Crippen LogP contribution in [0, 0.1) is 0 Å². The number of carbonyl (C=O) groups excluding carboxylic acids is 1. The van der Waals surface area contributed by atoms with Crippen LogP contribution in [0.15, 0.2) is 24.3 Å². The molecule has 1 amide bonds. The minimum absolute atomic E-state index is 0.464. The van der Waals surface area contributed by atoms with E-state index in [-0.39, 0.29) is 0 Å². The standard InChI is InChI=1S/C12H17NO3/c1-3-9(12(13)14)16-11-8-6-5-7-10(11)15-4-2/h5-9H,3-4H2,1-2H3,(H2,13,14). The van der Waals surface area contributed by atoms with Gasteiger partial charge in [0.05, 0.1) is 6.61 Å². The van der Waals surface area contributed by atoms with Crippen LogP contribution in [-0.4, -0.2) is 18.6 Å². The van der Waals surface area contributed by atoms with Crippen LogP contribution in [0.3, 0.4) is 0 Å². The van der Waals surface area contributed by atoms with Gasteiger partial charge in [-0.15, -0.1) is 0 Å². The van der Waals surface area contributed by atoms with Crippen molar-refractivity contribution in [3.05, 3.63) is 24.3 Å². The topological polar surface area (TPSA) is 61.6 Å². The number of hydrogen-bond acceptors (Lipinski definition) is 3. The smallest absolute Gasteiger partial charge is 0.258 e. The molecule has 2 N–H and O–H groups in total. The van der Waals surface area contributed by atoms with E-state index in [1.165, 1.54) is 0 Å². The Morgan fingerprint density at radius 3 is 2.44 bits per heavy atom. The van der Waals surface area contributed by atoms with E-state index in [2.05, 4.69) is 0 Å². The van der Waals surface area contributed by atoms with Gasteiger partial charge in [-0.1, -0.05) is 19.1 Å². The molecule has 1 atom stereocenters. The van der Waals surface area contributed by atoms with Crippen molar-refractivity contribution >= 4 is 5.91 Å². The number of rotatable bonds is 6. The summed E-state index contributed by atoms with van der Waals surface area (Å²) >= 11 is 0. The summed E-state index contributed by atoms with van der Waals surface area (Å²) in [4.78, 5) is 11.1. The fraction of sp³-hybridized carbons (Fsp3) is 0.417. The van der Waals surface area contributed by atoms with Gasteiger partial charge in [0.1, 0.15) is 0 Å². The molecule has 0 aliphatic heterocycles. The van der Waals surface area contributed by atoms with Gasteiger partial charge in [-0.25, -0.2) is 0 Å². The van der Waals surface area contributed by atoms with Gasteiger partial charge in [-0.2, -0.15) is 0 Å². The molecule has 0 heterocycles. The van der Waals surface area contributed by atoms with Gasteiger partial charge in [0.25, 0.3) is 5.91 Å². The third-order valence-electron chi connectivity index (χ3n) is 2.11. The third-order valence-corrected chi connectivity index (χ3v) is 2.11. The number of hydrogen-bond donors (Lipinski definition) is 1. The Morgan fingerprint density at radius 1 is 1.31 bits per heavy atom. The van der Waals surface area contributed by atoms with Crippen LogP contribution in [0.25, 0.3) is 0 Å². The summed E-state index contributed by atoms with van der Waals surface area (Å²) in [5.41, 5.74) is 5.21. The Labute approximate surface area is 95.3 Å². The van der Waals surface area contributed by atoms with Crippen molar-refractivity contribution < 1.29 is 14.3 Å². The molecule has 16 heavy (non-hydrogen) atoms. The second-order valence-corrected chi connectivity index (χ2v) is 3.30. The average Bonchev–Trinajstić information content (AvgIpc) is 2.27. The van der Waals surface area contributed by atoms with E-state index in [0.29, 0.717) is 24.5 Å². The Hall–Kier alpha value is -1.71. The van der Waals surface area contributed by atoms with Gasteiger partial charge in [0.2, 0.25) is 0 Å². The first-order chi connectivity index (χ1) is 7.69. The normalized spacial score (nSPS) is 11.9. The predicted octanol–water partition coefficient (Wildman–Crippen LogP) is 1.73. The first-order valence-electron chi connectivity index (χ1n) is 5.36. The van der Waals surface area contributed by atoms with Crippen molar-refractivity contribution in [1.29, 1.82) is 0 Å². The highest BCUT2D eigenvalue weighted by atomic mass is 16.5. The lowest BCUT2D eigenvalue weighted by Gasteiger charge is -2.16. The van der Waals surface area contributed by atoms with Crippen molar-refractivity contribution in [2.75, 3.05) is 6.61 Å². The molecule has 0 saturated heterocycles. The molecule has 4 heteroatoms. The number of amides is 1. The lowest BCUT2D eigenvalue weighted by atomic mass is 10.2. The maximum absolute atomic E-state index is 11.1. The van der Waals surface area contributed by atoms with E-state index in [0.717, 1.165) is 0 Å². The third kappa shape index (κ3) is 3.15. The second-order valence-electron chi connectivity index (χ2n) is 3.30. The minimum atomic E-state index is -0.610. The fourth-order valence-electron chi connectivity index (χ4n) is 1.32. The first-order valence-corrected chi connectivity index (χ1v) is 5.36. The molecule has 0 radical (unpaired) electrons. The van der Waals surface area contributed by atoms with Crippen molar-refractivity contribution in [3.8, 4) is 11.5 Å². The number of para-hydroxylation sites is 2. The highest BCUT2D eigenvalue weighted by Crippen LogP contribution is 2.27. The van der Waals surface area contributed by atoms with Crippen molar-refractivity contribution in [3.63, 3.8) is 0 Å². The van der Waals surface area contributed by atoms with Gasteiger partial charge < -0.3 is 15.2 Å². The van der Waals surface area contributed by atoms with E-state index in [1.807, 2.05) is 26.0 Å². The SMILES string of the molecule is CCOc1ccccc1OC(CC)C(N)=O. The van der Waals surface area contributed by atoms with Gasteiger partial charge >= 0.3 is 0 Å². The molecule has 0 saturated carbocycles. The Balaban J connectivity index is 2.82. The summed E-state index contributed by atoms with van der Waals surface area (Å²) in [7, 11) is 0. The molecule has 4 nitrogen and oxygen atoms in total. The fourth-order valence-corrected chi connectivity index (χ4v) is 1.32. The average molecular weight is 223 g/mol. The molecule has 88 valence electrons. The second kappa shape index (κ2) is 6.00. The molecule has 1 rings (SSSR count). The molecule has 0 aliphatic carbocycles. The van der Waals surface area contributed by atoms with Crippen molar-refractivity contribution in [2.24, 2.45) is 5.73 Å². The van der Waals surface area contributed by atoms with Crippen LogP contribution in [-0.2, 0) is 4.79 Å². The summed E-state index contributed by atoms with van der Waals surface area (Å²) in [5.74, 6) is 0.716. The van der Waals surface area contributed by atoms with E-state index in [9.17, 15) is 4.79 Å². The van der Waals surface area contributed by atoms with Gasteiger partial charge in [-0.05, 0) is 25.5 Å². The molecule has 1 aromatic rings. The highest BCUT2D eigenvalue weighted by Gasteiger charge is 2.16. The minimum Gasteiger partial charge on any atom is -0.490 e. The van der Waals surface area contributed by atoms with Crippen LogP contribution in [0.2, 0.25) is 0 Å². The molecule has 0 bridgehead atoms. The number of primary amides is 1. The van der Waals surface area contributed by atoms with E-state index in [4.69, 9.17) is 15.2 Å². The van der Waals surface area contributed by atoms with Gasteiger partial charge in [0, 0.05) is 0 Å². The van der Waals surface area contributed by atoms with Gasteiger partial charge in [-0.3, -0.25) is 4.79 Å². The highest BCUT2D eigenvalue weighted by molar-refractivity contribution is 5.79. The van der Waals surface area contributed by atoms with Crippen LogP contribution in [0.1, 0.15) is 20.3 Å². The summed E-state index contributed by atoms with van der Waals surface area (Å²) < 4.78 is 10.9. The van der Waals surface area contributed by atoms with Crippen molar-refractivity contribution in [2.45, 2.75) is 26.4 Å². The summed E-state index contributed by atoms with van der Waals surface area (Å²) in [5, 5.41) is 0. The van der Waals surface area contributed by atoms with E-state index in [1.54, 1.807) is 12.1 Å². The Kier molecular flexibility index (Phi) is 4.64. The summed E-state index contributed by atoms with van der Waals surface area (Å²) in [6, 6.07) is 7.23. The number of benzene rings is 1. The number of ether oxygens (including phenoxy) is 2. The molecule has 0 spiro atoms. The van der Waals surface area contributed by atoms with Crippen LogP contribution < -0.4 is 15.2 Å². The zero-order chi connectivity index (χ0) is 12.0. The lowest BCUT2D eigenvalue weighted by molar-refractivity contribution is -0.124. The zero-order valence-electron chi connectivity index (χ0n) is 9.60. The Bertz CT molecular complexity index is 352. The Morgan fingerprint density at radius 2 is 1.94 bits per heavy atom. The van der Waals surface area contributed by atoms with E-state index < -0.39 is 12.0 Å². The zero-order valence-corrected chi connectivity index (χ0v) is 9.60. The first kappa shape index (κ1) is 12.4. The number of carbonyl (C=O) groups is 1. The van der Waals surface area contributed by atoms with Crippen LogP contribution >= 0.6 is 0 Å². The largest absolute Gasteiger partial charge is 0.490 e. The maximum atomic E-state index is 11.1. The van der Waals surface area contributed by atoms with Crippen molar-refractivity contribution in [1.82, 2.24) is 0 Å². The predicted molar refractivity (Wildman–Crippen MR) is 61.5 cm³/mol. The molecular weight excluding hydrogens is 206 g/mol. The van der Waals surface area contributed by atoms with Gasteiger partial charge in [0.15, 0.2) is 17.6 Å². The molecule has 0 aromatic heterocycles. The summed E-state index contributed by atoms with van der Waals surface area (Å²) in [6.45, 7) is 4.29. The molecule has 1 unspecified atom stereocenters. The monoisotopic (exact) mass is 223 g/mol.